The topological polar surface area (TPSA) is 37.4 Å². The lowest BCUT2D eigenvalue weighted by Crippen LogP contribution is -2.28. The van der Waals surface area contributed by atoms with Crippen LogP contribution in [0.4, 0.5) is 5.69 Å². The van der Waals surface area contributed by atoms with E-state index in [4.69, 9.17) is 17.0 Å². The van der Waals surface area contributed by atoms with E-state index in [1.54, 1.807) is 11.3 Å². The maximum absolute atomic E-state index is 6.08. The van der Waals surface area contributed by atoms with Crippen LogP contribution in [0.2, 0.25) is 0 Å². The van der Waals surface area contributed by atoms with E-state index in [-0.39, 0.29) is 12.1 Å². The summed E-state index contributed by atoms with van der Waals surface area (Å²) in [5.74, 6) is 1.65. The number of thiophene rings is 1. The quantitative estimate of drug-likeness (QED) is 0.281. The second-order valence-corrected chi connectivity index (χ2v) is 9.77. The van der Waals surface area contributed by atoms with Crippen LogP contribution in [-0.4, -0.2) is 10.1 Å². The van der Waals surface area contributed by atoms with Gasteiger partial charge in [-0.2, -0.15) is 0 Å². The van der Waals surface area contributed by atoms with Gasteiger partial charge in [-0.15, -0.1) is 11.3 Å². The van der Waals surface area contributed by atoms with Crippen LogP contribution in [0.3, 0.4) is 0 Å². The third-order valence-corrected chi connectivity index (χ3v) is 7.49. The third-order valence-electron chi connectivity index (χ3n) is 5.41. The average Bonchev–Trinajstić information content (AvgIpc) is 3.39. The molecule has 2 aromatic heterocycles. The van der Waals surface area contributed by atoms with E-state index in [9.17, 15) is 0 Å². The summed E-state index contributed by atoms with van der Waals surface area (Å²) in [6, 6.07) is 24.2. The van der Waals surface area contributed by atoms with Gasteiger partial charge in [-0.1, -0.05) is 24.3 Å². The van der Waals surface area contributed by atoms with Gasteiger partial charge in [0.05, 0.1) is 17.8 Å². The molecule has 7 heteroatoms. The molecule has 0 radical (unpaired) electrons. The predicted octanol–water partition coefficient (Wildman–Crippen LogP) is 7.18. The van der Waals surface area contributed by atoms with Crippen LogP contribution in [0.5, 0.6) is 11.5 Å². The second-order valence-electron chi connectivity index (χ2n) is 7.53. The number of anilines is 1. The molecule has 0 aliphatic carbocycles. The zero-order valence-electron chi connectivity index (χ0n) is 17.2. The van der Waals surface area contributed by atoms with Crippen molar-refractivity contribution < 1.29 is 4.74 Å². The van der Waals surface area contributed by atoms with Crippen molar-refractivity contribution in [2.45, 2.75) is 19.0 Å². The summed E-state index contributed by atoms with van der Waals surface area (Å²) >= 11 is 11.1. The molecule has 2 atom stereocenters. The molecule has 0 amide bonds. The molecule has 160 valence electrons. The molecular formula is C25H20BrN3OS2. The molecule has 5 rings (SSSR count). The smallest absolute Gasteiger partial charge is 0.174 e. The lowest BCUT2D eigenvalue weighted by molar-refractivity contribution is 0.479. The first kappa shape index (κ1) is 21.1. The van der Waals surface area contributed by atoms with Gasteiger partial charge in [0, 0.05) is 26.6 Å². The number of rotatable bonds is 5. The molecule has 0 bridgehead atoms. The van der Waals surface area contributed by atoms with Crippen LogP contribution in [0.25, 0.3) is 0 Å². The third kappa shape index (κ3) is 4.16. The Kier molecular flexibility index (Phi) is 5.95. The van der Waals surface area contributed by atoms with Gasteiger partial charge in [0.1, 0.15) is 11.5 Å². The largest absolute Gasteiger partial charge is 0.457 e. The summed E-state index contributed by atoms with van der Waals surface area (Å²) in [5, 5.41) is 6.28. The number of benzene rings is 2. The molecule has 1 fully saturated rings. The lowest BCUT2D eigenvalue weighted by atomic mass is 10.0. The van der Waals surface area contributed by atoms with Crippen molar-refractivity contribution in [2.24, 2.45) is 0 Å². The second kappa shape index (κ2) is 9.02. The minimum Gasteiger partial charge on any atom is -0.457 e. The Morgan fingerprint density at radius 2 is 1.84 bits per heavy atom. The van der Waals surface area contributed by atoms with Crippen molar-refractivity contribution in [1.82, 2.24) is 10.3 Å². The molecule has 3 heterocycles. The minimum atomic E-state index is -0.0443. The predicted molar refractivity (Wildman–Crippen MR) is 138 cm³/mol. The number of aromatic nitrogens is 1. The summed E-state index contributed by atoms with van der Waals surface area (Å²) in [6.07, 6.45) is 1.82. The molecule has 4 nitrogen and oxygen atoms in total. The summed E-state index contributed by atoms with van der Waals surface area (Å²) in [4.78, 5) is 7.98. The first-order chi connectivity index (χ1) is 15.6. The van der Waals surface area contributed by atoms with E-state index < -0.39 is 0 Å². The Bertz CT molecular complexity index is 1240. The van der Waals surface area contributed by atoms with Gasteiger partial charge < -0.3 is 15.0 Å². The number of ether oxygens (including phenoxy) is 1. The summed E-state index contributed by atoms with van der Waals surface area (Å²) in [6.45, 7) is 2.04. The maximum atomic E-state index is 6.08. The Hall–Kier alpha value is -2.74. The van der Waals surface area contributed by atoms with Gasteiger partial charge >= 0.3 is 0 Å². The van der Waals surface area contributed by atoms with Crippen molar-refractivity contribution in [3.05, 3.63) is 105 Å². The van der Waals surface area contributed by atoms with Crippen molar-refractivity contribution in [2.75, 3.05) is 4.90 Å². The van der Waals surface area contributed by atoms with E-state index in [1.807, 2.05) is 67.7 Å². The Balaban J connectivity index is 1.48. The van der Waals surface area contributed by atoms with Gasteiger partial charge in [0.25, 0.3) is 0 Å². The van der Waals surface area contributed by atoms with E-state index in [0.29, 0.717) is 5.11 Å². The molecule has 2 aromatic carbocycles. The number of para-hydroxylation sites is 1. The van der Waals surface area contributed by atoms with Gasteiger partial charge in [-0.25, -0.2) is 0 Å². The summed E-state index contributed by atoms with van der Waals surface area (Å²) < 4.78 is 7.14. The normalized spacial score (nSPS) is 17.9. The van der Waals surface area contributed by atoms with Gasteiger partial charge in [0.2, 0.25) is 0 Å². The van der Waals surface area contributed by atoms with Crippen LogP contribution in [-0.2, 0) is 0 Å². The first-order valence-electron chi connectivity index (χ1n) is 10.2. The summed E-state index contributed by atoms with van der Waals surface area (Å²) in [5.41, 5.74) is 3.07. The zero-order valence-corrected chi connectivity index (χ0v) is 20.5. The molecule has 0 spiro atoms. The summed E-state index contributed by atoms with van der Waals surface area (Å²) in [7, 11) is 0. The number of aryl methyl sites for hydroxylation is 1. The van der Waals surface area contributed by atoms with Crippen molar-refractivity contribution in [3.63, 3.8) is 0 Å². The molecule has 1 saturated heterocycles. The van der Waals surface area contributed by atoms with Crippen molar-refractivity contribution in [1.29, 1.82) is 0 Å². The number of nitrogens with one attached hydrogen (secondary N) is 1. The maximum Gasteiger partial charge on any atom is 0.174 e. The Morgan fingerprint density at radius 3 is 2.53 bits per heavy atom. The van der Waals surface area contributed by atoms with Crippen molar-refractivity contribution >= 4 is 50.3 Å². The van der Waals surface area contributed by atoms with E-state index in [0.717, 1.165) is 32.9 Å². The fourth-order valence-corrected chi connectivity index (χ4v) is 5.80. The highest BCUT2D eigenvalue weighted by atomic mass is 79.9. The molecular weight excluding hydrogens is 502 g/mol. The van der Waals surface area contributed by atoms with Gasteiger partial charge in [0.15, 0.2) is 5.11 Å². The highest BCUT2D eigenvalue weighted by Gasteiger charge is 2.41. The van der Waals surface area contributed by atoms with Crippen LogP contribution >= 0.6 is 39.5 Å². The van der Waals surface area contributed by atoms with Crippen LogP contribution in [0.15, 0.2) is 88.8 Å². The number of thiocarbonyl (C=S) groups is 1. The standard InChI is InChI=1S/C25H20BrN3OS2/c1-16-6-2-3-8-21(16)30-19-11-9-18(10-12-19)29-24(22-14-17(26)15-32-22)23(28-25(29)31)20-7-4-5-13-27-20/h2-15,23-24H,1H3,(H,28,31)/t23-,24-/m1/s1. The molecule has 32 heavy (non-hydrogen) atoms. The van der Waals surface area contributed by atoms with Gasteiger partial charge in [-0.3, -0.25) is 4.98 Å². The number of halogens is 1. The zero-order chi connectivity index (χ0) is 22.1. The number of hydrogen-bond donors (Lipinski definition) is 1. The lowest BCUT2D eigenvalue weighted by Gasteiger charge is -2.27. The van der Waals surface area contributed by atoms with Crippen LogP contribution in [0, 0.1) is 6.92 Å². The molecule has 1 N–H and O–H groups in total. The minimum absolute atomic E-state index is 0.00293. The monoisotopic (exact) mass is 521 g/mol. The fraction of sp³-hybridized carbons (Fsp3) is 0.120. The number of pyridine rings is 1. The van der Waals surface area contributed by atoms with Crippen LogP contribution in [0.1, 0.15) is 28.2 Å². The highest BCUT2D eigenvalue weighted by Crippen LogP contribution is 2.44. The SMILES string of the molecule is Cc1ccccc1Oc1ccc(N2C(=S)N[C@H](c3ccccn3)[C@H]2c2cc(Br)cs2)cc1. The van der Waals surface area contributed by atoms with E-state index in [2.05, 4.69) is 54.7 Å². The molecule has 4 aromatic rings. The molecule has 1 aliphatic rings. The fourth-order valence-electron chi connectivity index (χ4n) is 3.88. The average molecular weight is 522 g/mol. The number of nitrogens with zero attached hydrogens (tertiary/aromatic N) is 2. The molecule has 0 unspecified atom stereocenters. The molecule has 1 aliphatic heterocycles. The Labute approximate surface area is 205 Å². The Morgan fingerprint density at radius 1 is 1.06 bits per heavy atom. The number of hydrogen-bond acceptors (Lipinski definition) is 4. The van der Waals surface area contributed by atoms with Crippen molar-refractivity contribution in [3.8, 4) is 11.5 Å². The van der Waals surface area contributed by atoms with Crippen LogP contribution < -0.4 is 15.0 Å². The van der Waals surface area contributed by atoms with E-state index in [1.165, 1.54) is 4.88 Å². The molecule has 0 saturated carbocycles. The first-order valence-corrected chi connectivity index (χ1v) is 12.3. The van der Waals surface area contributed by atoms with E-state index >= 15 is 0 Å². The highest BCUT2D eigenvalue weighted by molar-refractivity contribution is 9.10. The van der Waals surface area contributed by atoms with Gasteiger partial charge in [-0.05, 0) is 89.2 Å².